The van der Waals surface area contributed by atoms with E-state index in [1.54, 1.807) is 18.2 Å². The number of ether oxygens (including phenoxy) is 1. The Morgan fingerprint density at radius 1 is 1.10 bits per heavy atom. The zero-order valence-corrected chi connectivity index (χ0v) is 11.1. The highest BCUT2D eigenvalue weighted by atomic mass is 19.2. The van der Waals surface area contributed by atoms with Crippen molar-refractivity contribution in [1.82, 2.24) is 0 Å². The van der Waals surface area contributed by atoms with Gasteiger partial charge in [0.1, 0.15) is 5.75 Å². The molecule has 0 radical (unpaired) electrons. The summed E-state index contributed by atoms with van der Waals surface area (Å²) in [4.78, 5) is 0. The second kappa shape index (κ2) is 6.23. The van der Waals surface area contributed by atoms with Crippen LogP contribution < -0.4 is 15.8 Å². The molecule has 5 heteroatoms. The molecule has 0 aliphatic heterocycles. The van der Waals surface area contributed by atoms with Gasteiger partial charge in [-0.2, -0.15) is 0 Å². The summed E-state index contributed by atoms with van der Waals surface area (Å²) in [7, 11) is 0. The van der Waals surface area contributed by atoms with Gasteiger partial charge in [-0.1, -0.05) is 19.1 Å². The van der Waals surface area contributed by atoms with Gasteiger partial charge in [-0.05, 0) is 30.7 Å². The van der Waals surface area contributed by atoms with Crippen LogP contribution in [0.15, 0.2) is 36.4 Å². The summed E-state index contributed by atoms with van der Waals surface area (Å²) in [6.07, 6.45) is 0.857. The largest absolute Gasteiger partial charge is 0.491 e. The summed E-state index contributed by atoms with van der Waals surface area (Å²) in [6, 6.07) is 9.08. The van der Waals surface area contributed by atoms with Crippen LogP contribution in [0.1, 0.15) is 13.3 Å². The number of benzene rings is 2. The van der Waals surface area contributed by atoms with Gasteiger partial charge in [0.15, 0.2) is 11.6 Å². The Bertz CT molecular complexity index is 602. The van der Waals surface area contributed by atoms with Crippen LogP contribution in [0.25, 0.3) is 0 Å². The number of nitrogens with two attached hydrogens (primary N) is 1. The molecule has 0 bridgehead atoms. The lowest BCUT2D eigenvalue weighted by molar-refractivity contribution is 0.319. The van der Waals surface area contributed by atoms with Crippen LogP contribution in [0.4, 0.5) is 25.8 Å². The van der Waals surface area contributed by atoms with Crippen molar-refractivity contribution in [3.63, 3.8) is 0 Å². The van der Waals surface area contributed by atoms with E-state index in [2.05, 4.69) is 5.32 Å². The number of hydrogen-bond donors (Lipinski definition) is 2. The lowest BCUT2D eigenvalue weighted by atomic mass is 10.2. The normalized spacial score (nSPS) is 10.3. The molecule has 0 unspecified atom stereocenters. The fraction of sp³-hybridized carbons (Fsp3) is 0.200. The highest BCUT2D eigenvalue weighted by Crippen LogP contribution is 2.32. The number of hydrogen-bond acceptors (Lipinski definition) is 3. The molecule has 3 N–H and O–H groups in total. The van der Waals surface area contributed by atoms with Gasteiger partial charge in [-0.3, -0.25) is 0 Å². The van der Waals surface area contributed by atoms with Crippen molar-refractivity contribution in [2.45, 2.75) is 13.3 Å². The SMILES string of the molecule is CCCOc1cccc(Nc2cccc(F)c2F)c1N. The van der Waals surface area contributed by atoms with Crippen molar-refractivity contribution in [2.24, 2.45) is 0 Å². The fourth-order valence-electron chi connectivity index (χ4n) is 1.74. The van der Waals surface area contributed by atoms with Crippen LogP contribution in [-0.2, 0) is 0 Å². The van der Waals surface area contributed by atoms with Crippen LogP contribution in [0.3, 0.4) is 0 Å². The smallest absolute Gasteiger partial charge is 0.182 e. The van der Waals surface area contributed by atoms with E-state index in [-0.39, 0.29) is 5.69 Å². The molecule has 0 aromatic heterocycles. The molecule has 0 heterocycles. The molecule has 0 saturated carbocycles. The molecule has 0 saturated heterocycles. The van der Waals surface area contributed by atoms with Crippen molar-refractivity contribution in [3.05, 3.63) is 48.0 Å². The molecule has 106 valence electrons. The first-order valence-electron chi connectivity index (χ1n) is 6.35. The third kappa shape index (κ3) is 2.99. The van der Waals surface area contributed by atoms with Gasteiger partial charge in [0, 0.05) is 0 Å². The van der Waals surface area contributed by atoms with E-state index in [0.29, 0.717) is 23.7 Å². The second-order valence-corrected chi connectivity index (χ2v) is 4.29. The minimum absolute atomic E-state index is 0.0318. The summed E-state index contributed by atoms with van der Waals surface area (Å²) in [5.41, 5.74) is 6.83. The van der Waals surface area contributed by atoms with Crippen LogP contribution in [0.5, 0.6) is 5.75 Å². The van der Waals surface area contributed by atoms with Gasteiger partial charge in [0.2, 0.25) is 0 Å². The number of halogens is 2. The van der Waals surface area contributed by atoms with Crippen LogP contribution in [0.2, 0.25) is 0 Å². The summed E-state index contributed by atoms with van der Waals surface area (Å²) in [5.74, 6) is -1.33. The van der Waals surface area contributed by atoms with Crippen LogP contribution in [0, 0.1) is 11.6 Å². The van der Waals surface area contributed by atoms with Gasteiger partial charge in [0.25, 0.3) is 0 Å². The van der Waals surface area contributed by atoms with Gasteiger partial charge < -0.3 is 15.8 Å². The average molecular weight is 278 g/mol. The molecule has 2 aromatic rings. The van der Waals surface area contributed by atoms with Crippen molar-refractivity contribution in [2.75, 3.05) is 17.7 Å². The predicted octanol–water partition coefficient (Wildman–Crippen LogP) is 4.08. The van der Waals surface area contributed by atoms with Crippen LogP contribution in [-0.4, -0.2) is 6.61 Å². The third-order valence-corrected chi connectivity index (χ3v) is 2.75. The van der Waals surface area contributed by atoms with Crippen molar-refractivity contribution in [3.8, 4) is 5.75 Å². The monoisotopic (exact) mass is 278 g/mol. The number of nitrogens with one attached hydrogen (secondary N) is 1. The lowest BCUT2D eigenvalue weighted by Crippen LogP contribution is -2.03. The van der Waals surface area contributed by atoms with Gasteiger partial charge in [-0.25, -0.2) is 8.78 Å². The molecule has 0 aliphatic carbocycles. The standard InChI is InChI=1S/C15H16F2N2O/c1-2-9-20-13-8-4-7-12(15(13)18)19-11-6-3-5-10(16)14(11)17/h3-8,19H,2,9,18H2,1H3. The molecule has 0 fully saturated rings. The first kappa shape index (κ1) is 14.1. The quantitative estimate of drug-likeness (QED) is 0.810. The summed E-state index contributed by atoms with van der Waals surface area (Å²) in [5, 5.41) is 2.78. The van der Waals surface area contributed by atoms with Crippen molar-refractivity contribution < 1.29 is 13.5 Å². The molecular weight excluding hydrogens is 262 g/mol. The van der Waals surface area contributed by atoms with E-state index in [4.69, 9.17) is 10.5 Å². The molecular formula is C15H16F2N2O. The van der Waals surface area contributed by atoms with Gasteiger partial charge in [-0.15, -0.1) is 0 Å². The lowest BCUT2D eigenvalue weighted by Gasteiger charge is -2.14. The summed E-state index contributed by atoms with van der Waals surface area (Å²) < 4.78 is 32.3. The maximum Gasteiger partial charge on any atom is 0.182 e. The molecule has 20 heavy (non-hydrogen) atoms. The highest BCUT2D eigenvalue weighted by molar-refractivity contribution is 5.77. The Morgan fingerprint density at radius 3 is 2.55 bits per heavy atom. The molecule has 2 rings (SSSR count). The minimum atomic E-state index is -0.938. The Kier molecular flexibility index (Phi) is 4.40. The van der Waals surface area contributed by atoms with Crippen LogP contribution >= 0.6 is 0 Å². The number of rotatable bonds is 5. The third-order valence-electron chi connectivity index (χ3n) is 2.75. The van der Waals surface area contributed by atoms with E-state index in [1.165, 1.54) is 12.1 Å². The van der Waals surface area contributed by atoms with E-state index in [1.807, 2.05) is 6.92 Å². The van der Waals surface area contributed by atoms with Gasteiger partial charge in [0.05, 0.1) is 23.7 Å². The zero-order chi connectivity index (χ0) is 14.5. The molecule has 0 spiro atoms. The van der Waals surface area contributed by atoms with E-state index in [9.17, 15) is 8.78 Å². The Balaban J connectivity index is 2.27. The van der Waals surface area contributed by atoms with Gasteiger partial charge >= 0.3 is 0 Å². The average Bonchev–Trinajstić information content (AvgIpc) is 2.44. The first-order valence-corrected chi connectivity index (χ1v) is 6.35. The predicted molar refractivity (Wildman–Crippen MR) is 76.3 cm³/mol. The molecule has 0 aliphatic rings. The number of para-hydroxylation sites is 1. The van der Waals surface area contributed by atoms with E-state index >= 15 is 0 Å². The topological polar surface area (TPSA) is 47.3 Å². The first-order chi connectivity index (χ1) is 9.63. The Labute approximate surface area is 116 Å². The summed E-state index contributed by atoms with van der Waals surface area (Å²) in [6.45, 7) is 2.53. The fourth-order valence-corrected chi connectivity index (χ4v) is 1.74. The molecule has 2 aromatic carbocycles. The molecule has 3 nitrogen and oxygen atoms in total. The maximum atomic E-state index is 13.6. The minimum Gasteiger partial charge on any atom is -0.491 e. The van der Waals surface area contributed by atoms with E-state index < -0.39 is 11.6 Å². The summed E-state index contributed by atoms with van der Waals surface area (Å²) >= 11 is 0. The zero-order valence-electron chi connectivity index (χ0n) is 11.1. The molecule has 0 amide bonds. The Morgan fingerprint density at radius 2 is 1.80 bits per heavy atom. The number of anilines is 3. The van der Waals surface area contributed by atoms with Crippen molar-refractivity contribution in [1.29, 1.82) is 0 Å². The number of nitrogen functional groups attached to an aromatic ring is 1. The van der Waals surface area contributed by atoms with E-state index in [0.717, 1.165) is 12.5 Å². The highest BCUT2D eigenvalue weighted by Gasteiger charge is 2.11. The maximum absolute atomic E-state index is 13.6. The second-order valence-electron chi connectivity index (χ2n) is 4.29. The molecule has 0 atom stereocenters. The Hall–Kier alpha value is -2.30. The van der Waals surface area contributed by atoms with Crippen molar-refractivity contribution >= 4 is 17.1 Å².